The molecule has 0 spiro atoms. The lowest BCUT2D eigenvalue weighted by Gasteiger charge is -2.21. The molecular formula is C13H14N2O. The number of hydrogen-bond acceptors (Lipinski definition) is 3. The van der Waals surface area contributed by atoms with Crippen LogP contribution in [-0.4, -0.2) is 25.2 Å². The lowest BCUT2D eigenvalue weighted by Crippen LogP contribution is -2.29. The van der Waals surface area contributed by atoms with Crippen LogP contribution < -0.4 is 4.90 Å². The summed E-state index contributed by atoms with van der Waals surface area (Å²) in [6.45, 7) is 1.77. The predicted molar refractivity (Wildman–Crippen MR) is 64.2 cm³/mol. The Balaban J connectivity index is 1.96. The number of anilines is 1. The van der Waals surface area contributed by atoms with Gasteiger partial charge in [-0.3, -0.25) is 9.79 Å². The fourth-order valence-corrected chi connectivity index (χ4v) is 2.23. The Kier molecular flexibility index (Phi) is 2.24. The van der Waals surface area contributed by atoms with Crippen LogP contribution in [0.4, 0.5) is 5.69 Å². The first-order chi connectivity index (χ1) is 7.90. The maximum Gasteiger partial charge on any atom is 0.152 e. The van der Waals surface area contributed by atoms with Crippen molar-refractivity contribution >= 4 is 17.8 Å². The topological polar surface area (TPSA) is 32.7 Å². The van der Waals surface area contributed by atoms with Gasteiger partial charge >= 0.3 is 0 Å². The summed E-state index contributed by atoms with van der Waals surface area (Å²) >= 11 is 0. The molecule has 1 fully saturated rings. The van der Waals surface area contributed by atoms with Crippen molar-refractivity contribution in [2.24, 2.45) is 10.9 Å². The number of carbonyl (C=O) groups is 1. The molecule has 0 aromatic heterocycles. The Hall–Kier alpha value is -1.64. The van der Waals surface area contributed by atoms with Crippen LogP contribution in [-0.2, 0) is 0 Å². The van der Waals surface area contributed by atoms with Gasteiger partial charge < -0.3 is 4.90 Å². The summed E-state index contributed by atoms with van der Waals surface area (Å²) in [4.78, 5) is 17.8. The Labute approximate surface area is 94.8 Å². The van der Waals surface area contributed by atoms with E-state index in [0.29, 0.717) is 5.92 Å². The van der Waals surface area contributed by atoms with Gasteiger partial charge in [0.2, 0.25) is 0 Å². The quantitative estimate of drug-likeness (QED) is 0.722. The highest BCUT2D eigenvalue weighted by atomic mass is 16.1. The van der Waals surface area contributed by atoms with Crippen LogP contribution in [0.3, 0.4) is 0 Å². The smallest absolute Gasteiger partial charge is 0.152 e. The molecule has 16 heavy (non-hydrogen) atoms. The van der Waals surface area contributed by atoms with E-state index in [9.17, 15) is 4.79 Å². The van der Waals surface area contributed by atoms with Gasteiger partial charge in [-0.05, 0) is 25.0 Å². The molecule has 0 N–H and O–H groups in total. The number of amidine groups is 1. The zero-order valence-corrected chi connectivity index (χ0v) is 9.10. The first-order valence-electron chi connectivity index (χ1n) is 5.76. The van der Waals surface area contributed by atoms with Crippen LogP contribution >= 0.6 is 0 Å². The minimum Gasteiger partial charge on any atom is -0.327 e. The number of aldehydes is 1. The molecule has 3 rings (SSSR count). The molecule has 3 heteroatoms. The van der Waals surface area contributed by atoms with Crippen molar-refractivity contribution < 1.29 is 4.79 Å². The van der Waals surface area contributed by atoms with Crippen molar-refractivity contribution in [1.29, 1.82) is 0 Å². The molecule has 1 aromatic carbocycles. The molecule has 3 nitrogen and oxygen atoms in total. The summed E-state index contributed by atoms with van der Waals surface area (Å²) in [6, 6.07) is 7.75. The van der Waals surface area contributed by atoms with Crippen molar-refractivity contribution in [3.8, 4) is 0 Å². The lowest BCUT2D eigenvalue weighted by atomic mass is 10.1. The molecule has 1 aliphatic heterocycles. The van der Waals surface area contributed by atoms with Crippen LogP contribution in [0.5, 0.6) is 0 Å². The number of nitrogens with zero attached hydrogens (tertiary/aromatic N) is 2. The first kappa shape index (κ1) is 9.58. The lowest BCUT2D eigenvalue weighted by molar-refractivity contribution is 0.112. The molecule has 0 amide bonds. The highest BCUT2D eigenvalue weighted by Gasteiger charge is 2.34. The Morgan fingerprint density at radius 1 is 1.31 bits per heavy atom. The zero-order chi connectivity index (χ0) is 11.0. The maximum atomic E-state index is 11.0. The maximum absolute atomic E-state index is 11.0. The van der Waals surface area contributed by atoms with E-state index in [0.717, 1.165) is 30.6 Å². The van der Waals surface area contributed by atoms with Gasteiger partial charge in [0.15, 0.2) is 6.29 Å². The highest BCUT2D eigenvalue weighted by Crippen LogP contribution is 2.35. The third-order valence-corrected chi connectivity index (χ3v) is 3.17. The van der Waals surface area contributed by atoms with Gasteiger partial charge in [-0.1, -0.05) is 12.1 Å². The molecule has 0 unspecified atom stereocenters. The summed E-state index contributed by atoms with van der Waals surface area (Å²) in [5.74, 6) is 1.83. The highest BCUT2D eigenvalue weighted by molar-refractivity contribution is 6.04. The standard InChI is InChI=1S/C13H14N2O/c16-9-11-3-1-2-4-12(11)15-8-7-14-13(15)10-5-6-10/h1-4,9-10H,5-8H2. The summed E-state index contributed by atoms with van der Waals surface area (Å²) in [5.41, 5.74) is 1.78. The Morgan fingerprint density at radius 2 is 2.12 bits per heavy atom. The second-order valence-electron chi connectivity index (χ2n) is 4.34. The van der Waals surface area contributed by atoms with E-state index in [1.165, 1.54) is 18.7 Å². The fourth-order valence-electron chi connectivity index (χ4n) is 2.23. The van der Waals surface area contributed by atoms with E-state index in [4.69, 9.17) is 0 Å². The van der Waals surface area contributed by atoms with Gasteiger partial charge in [-0.15, -0.1) is 0 Å². The Bertz CT molecular complexity index is 449. The van der Waals surface area contributed by atoms with Crippen molar-refractivity contribution in [3.05, 3.63) is 29.8 Å². The molecule has 0 radical (unpaired) electrons. The zero-order valence-electron chi connectivity index (χ0n) is 9.10. The van der Waals surface area contributed by atoms with E-state index in [2.05, 4.69) is 9.89 Å². The van der Waals surface area contributed by atoms with E-state index in [-0.39, 0.29) is 0 Å². The third kappa shape index (κ3) is 1.52. The monoisotopic (exact) mass is 214 g/mol. The minimum absolute atomic E-state index is 0.641. The van der Waals surface area contributed by atoms with Gasteiger partial charge in [0, 0.05) is 18.0 Å². The number of benzene rings is 1. The molecule has 0 saturated heterocycles. The predicted octanol–water partition coefficient (Wildman–Crippen LogP) is 2.13. The van der Waals surface area contributed by atoms with Crippen LogP contribution in [0.2, 0.25) is 0 Å². The number of para-hydroxylation sites is 1. The number of carbonyl (C=O) groups excluding carboxylic acids is 1. The fraction of sp³-hybridized carbons (Fsp3) is 0.385. The molecular weight excluding hydrogens is 200 g/mol. The van der Waals surface area contributed by atoms with Crippen LogP contribution in [0.25, 0.3) is 0 Å². The van der Waals surface area contributed by atoms with E-state index in [1.54, 1.807) is 0 Å². The third-order valence-electron chi connectivity index (χ3n) is 3.17. The van der Waals surface area contributed by atoms with Crippen molar-refractivity contribution in [2.75, 3.05) is 18.0 Å². The number of rotatable bonds is 3. The average Bonchev–Trinajstić information content (AvgIpc) is 3.07. The normalized spacial score (nSPS) is 19.8. The van der Waals surface area contributed by atoms with Crippen molar-refractivity contribution in [3.63, 3.8) is 0 Å². The van der Waals surface area contributed by atoms with Crippen LogP contribution in [0.1, 0.15) is 23.2 Å². The second kappa shape index (κ2) is 3.74. The van der Waals surface area contributed by atoms with Crippen LogP contribution in [0.15, 0.2) is 29.3 Å². The van der Waals surface area contributed by atoms with Gasteiger partial charge in [-0.2, -0.15) is 0 Å². The van der Waals surface area contributed by atoms with Crippen molar-refractivity contribution in [1.82, 2.24) is 0 Å². The van der Waals surface area contributed by atoms with Gasteiger partial charge in [0.05, 0.1) is 12.2 Å². The van der Waals surface area contributed by atoms with E-state index >= 15 is 0 Å². The minimum atomic E-state index is 0.641. The Morgan fingerprint density at radius 3 is 2.88 bits per heavy atom. The summed E-state index contributed by atoms with van der Waals surface area (Å²) in [5, 5.41) is 0. The summed E-state index contributed by atoms with van der Waals surface area (Å²) < 4.78 is 0. The largest absolute Gasteiger partial charge is 0.327 e. The SMILES string of the molecule is O=Cc1ccccc1N1CCN=C1C1CC1. The van der Waals surface area contributed by atoms with Gasteiger partial charge in [0.1, 0.15) is 5.84 Å². The van der Waals surface area contributed by atoms with Gasteiger partial charge in [0.25, 0.3) is 0 Å². The summed E-state index contributed by atoms with van der Waals surface area (Å²) in [6.07, 6.45) is 3.43. The molecule has 1 aliphatic carbocycles. The average molecular weight is 214 g/mol. The molecule has 82 valence electrons. The summed E-state index contributed by atoms with van der Waals surface area (Å²) in [7, 11) is 0. The molecule has 2 aliphatic rings. The van der Waals surface area contributed by atoms with Crippen molar-refractivity contribution in [2.45, 2.75) is 12.8 Å². The molecule has 1 heterocycles. The second-order valence-corrected chi connectivity index (χ2v) is 4.34. The number of hydrogen-bond donors (Lipinski definition) is 0. The molecule has 0 atom stereocenters. The first-order valence-corrected chi connectivity index (χ1v) is 5.76. The van der Waals surface area contributed by atoms with E-state index in [1.807, 2.05) is 24.3 Å². The molecule has 1 aromatic rings. The van der Waals surface area contributed by atoms with Gasteiger partial charge in [-0.25, -0.2) is 0 Å². The molecule has 0 bridgehead atoms. The molecule has 1 saturated carbocycles. The van der Waals surface area contributed by atoms with Crippen LogP contribution in [0, 0.1) is 5.92 Å². The number of aliphatic imine (C=N–C) groups is 1. The van der Waals surface area contributed by atoms with E-state index < -0.39 is 0 Å².